The third kappa shape index (κ3) is 3.16. The van der Waals surface area contributed by atoms with Gasteiger partial charge >= 0.3 is 0 Å². The molecule has 76 valence electrons. The summed E-state index contributed by atoms with van der Waals surface area (Å²) in [6.07, 6.45) is 0.479. The quantitative estimate of drug-likeness (QED) is 0.572. The van der Waals surface area contributed by atoms with Crippen LogP contribution in [0.1, 0.15) is 5.56 Å². The summed E-state index contributed by atoms with van der Waals surface area (Å²) in [6, 6.07) is 8.91. The third-order valence-electron chi connectivity index (χ3n) is 1.89. The molecule has 14 heavy (non-hydrogen) atoms. The molecule has 0 saturated carbocycles. The number of hydrogen-bond donors (Lipinski definition) is 3. The molecule has 4 N–H and O–H groups in total. The van der Waals surface area contributed by atoms with E-state index < -0.39 is 6.04 Å². The number of amides is 1. The Balaban J connectivity index is 2.49. The smallest absolute Gasteiger partial charge is 0.239 e. The lowest BCUT2D eigenvalue weighted by atomic mass is 10.1. The summed E-state index contributed by atoms with van der Waals surface area (Å²) >= 11 is 0. The van der Waals surface area contributed by atoms with Gasteiger partial charge in [-0.3, -0.25) is 4.79 Å². The van der Waals surface area contributed by atoms with E-state index in [-0.39, 0.29) is 12.6 Å². The average molecular weight is 194 g/mol. The number of nitrogens with two attached hydrogens (primary N) is 1. The Kier molecular flexibility index (Phi) is 4.10. The van der Waals surface area contributed by atoms with Crippen LogP contribution in [-0.4, -0.2) is 23.8 Å². The van der Waals surface area contributed by atoms with Crippen molar-refractivity contribution in [1.82, 2.24) is 5.32 Å². The molecule has 4 nitrogen and oxygen atoms in total. The zero-order chi connectivity index (χ0) is 10.4. The number of nitrogens with one attached hydrogen (secondary N) is 1. The minimum Gasteiger partial charge on any atom is -0.376 e. The maximum absolute atomic E-state index is 11.2. The van der Waals surface area contributed by atoms with Crippen molar-refractivity contribution in [1.29, 1.82) is 0 Å². The van der Waals surface area contributed by atoms with Gasteiger partial charge in [-0.2, -0.15) is 0 Å². The molecule has 0 aliphatic rings. The molecule has 1 aromatic carbocycles. The molecule has 0 saturated heterocycles. The summed E-state index contributed by atoms with van der Waals surface area (Å²) in [6.45, 7) is -0.374. The van der Waals surface area contributed by atoms with Crippen LogP contribution in [0.2, 0.25) is 0 Å². The predicted molar refractivity (Wildman–Crippen MR) is 53.3 cm³/mol. The second-order valence-corrected chi connectivity index (χ2v) is 3.00. The van der Waals surface area contributed by atoms with Crippen LogP contribution in [0, 0.1) is 0 Å². The minimum atomic E-state index is -0.607. The Morgan fingerprint density at radius 1 is 1.43 bits per heavy atom. The highest BCUT2D eigenvalue weighted by Gasteiger charge is 2.12. The Hall–Kier alpha value is -1.39. The van der Waals surface area contributed by atoms with Crippen LogP contribution < -0.4 is 11.1 Å². The van der Waals surface area contributed by atoms with Crippen molar-refractivity contribution in [3.63, 3.8) is 0 Å². The second-order valence-electron chi connectivity index (χ2n) is 3.00. The van der Waals surface area contributed by atoms with E-state index >= 15 is 0 Å². The van der Waals surface area contributed by atoms with Gasteiger partial charge in [-0.05, 0) is 12.0 Å². The first-order valence-electron chi connectivity index (χ1n) is 4.42. The van der Waals surface area contributed by atoms with Gasteiger partial charge in [0.25, 0.3) is 0 Å². The minimum absolute atomic E-state index is 0.337. The van der Waals surface area contributed by atoms with Gasteiger partial charge < -0.3 is 16.2 Å². The fraction of sp³-hybridized carbons (Fsp3) is 0.300. The maximum atomic E-state index is 11.2. The highest BCUT2D eigenvalue weighted by molar-refractivity contribution is 5.81. The van der Waals surface area contributed by atoms with Crippen molar-refractivity contribution in [3.8, 4) is 0 Å². The number of carbonyl (C=O) groups is 1. The normalized spacial score (nSPS) is 12.1. The average Bonchev–Trinajstić information content (AvgIpc) is 2.19. The number of aliphatic hydroxyl groups excluding tert-OH is 1. The Labute approximate surface area is 82.7 Å². The molecule has 1 amide bonds. The second kappa shape index (κ2) is 5.36. The summed E-state index contributed by atoms with van der Waals surface area (Å²) < 4.78 is 0. The van der Waals surface area contributed by atoms with E-state index in [1.165, 1.54) is 0 Å². The number of rotatable bonds is 4. The first-order valence-corrected chi connectivity index (χ1v) is 4.42. The van der Waals surface area contributed by atoms with E-state index in [9.17, 15) is 4.79 Å². The number of benzene rings is 1. The molecule has 0 fully saturated rings. The first kappa shape index (κ1) is 10.7. The van der Waals surface area contributed by atoms with Gasteiger partial charge in [0.05, 0.1) is 6.04 Å². The Bertz CT molecular complexity index is 287. The lowest BCUT2D eigenvalue weighted by Gasteiger charge is -2.10. The van der Waals surface area contributed by atoms with Crippen LogP contribution in [0.15, 0.2) is 30.3 Å². The van der Waals surface area contributed by atoms with Crippen molar-refractivity contribution in [2.45, 2.75) is 12.5 Å². The van der Waals surface area contributed by atoms with Gasteiger partial charge in [-0.15, -0.1) is 0 Å². The van der Waals surface area contributed by atoms with Crippen LogP contribution in [0.5, 0.6) is 0 Å². The van der Waals surface area contributed by atoms with E-state index in [1.807, 2.05) is 30.3 Å². The molecule has 0 spiro atoms. The van der Waals surface area contributed by atoms with Crippen LogP contribution in [0.4, 0.5) is 0 Å². The molecular formula is C10H14N2O2. The SMILES string of the molecule is N[C@@H](Cc1ccccc1)C(=O)NCO. The fourth-order valence-corrected chi connectivity index (χ4v) is 1.17. The van der Waals surface area contributed by atoms with E-state index in [4.69, 9.17) is 10.8 Å². The Morgan fingerprint density at radius 3 is 2.64 bits per heavy atom. The molecular weight excluding hydrogens is 180 g/mol. The fourth-order valence-electron chi connectivity index (χ4n) is 1.17. The lowest BCUT2D eigenvalue weighted by molar-refractivity contribution is -0.123. The summed E-state index contributed by atoms with van der Waals surface area (Å²) in [5, 5.41) is 10.7. The zero-order valence-corrected chi connectivity index (χ0v) is 7.81. The number of carbonyl (C=O) groups excluding carboxylic acids is 1. The number of aliphatic hydroxyl groups is 1. The molecule has 0 heterocycles. The summed E-state index contributed by atoms with van der Waals surface area (Å²) in [4.78, 5) is 11.2. The van der Waals surface area contributed by atoms with Gasteiger partial charge in [-0.1, -0.05) is 30.3 Å². The summed E-state index contributed by atoms with van der Waals surface area (Å²) in [5.74, 6) is -0.337. The summed E-state index contributed by atoms with van der Waals surface area (Å²) in [5.41, 5.74) is 6.62. The summed E-state index contributed by atoms with van der Waals surface area (Å²) in [7, 11) is 0. The van der Waals surface area contributed by atoms with Gasteiger partial charge in [0.2, 0.25) is 5.91 Å². The van der Waals surface area contributed by atoms with Gasteiger partial charge in [-0.25, -0.2) is 0 Å². The molecule has 0 aliphatic carbocycles. The van der Waals surface area contributed by atoms with Crippen molar-refractivity contribution < 1.29 is 9.90 Å². The van der Waals surface area contributed by atoms with E-state index in [0.717, 1.165) is 5.56 Å². The number of hydrogen-bond acceptors (Lipinski definition) is 3. The molecule has 0 bridgehead atoms. The van der Waals surface area contributed by atoms with E-state index in [1.54, 1.807) is 0 Å². The van der Waals surface area contributed by atoms with Crippen LogP contribution in [0.25, 0.3) is 0 Å². The zero-order valence-electron chi connectivity index (χ0n) is 7.81. The van der Waals surface area contributed by atoms with Crippen LogP contribution >= 0.6 is 0 Å². The molecule has 1 atom stereocenters. The van der Waals surface area contributed by atoms with Crippen molar-refractivity contribution in [3.05, 3.63) is 35.9 Å². The lowest BCUT2D eigenvalue weighted by Crippen LogP contribution is -2.42. The third-order valence-corrected chi connectivity index (χ3v) is 1.89. The molecule has 1 rings (SSSR count). The predicted octanol–water partition coefficient (Wildman–Crippen LogP) is -0.378. The van der Waals surface area contributed by atoms with Gasteiger partial charge in [0.15, 0.2) is 0 Å². The molecule has 0 unspecified atom stereocenters. The highest BCUT2D eigenvalue weighted by atomic mass is 16.3. The molecule has 0 radical (unpaired) electrons. The molecule has 0 aliphatic heterocycles. The van der Waals surface area contributed by atoms with Crippen molar-refractivity contribution in [2.24, 2.45) is 5.73 Å². The monoisotopic (exact) mass is 194 g/mol. The molecule has 0 aromatic heterocycles. The van der Waals surface area contributed by atoms with Gasteiger partial charge in [0, 0.05) is 0 Å². The maximum Gasteiger partial charge on any atom is 0.239 e. The van der Waals surface area contributed by atoms with Crippen LogP contribution in [0.3, 0.4) is 0 Å². The first-order chi connectivity index (χ1) is 6.74. The van der Waals surface area contributed by atoms with Crippen molar-refractivity contribution in [2.75, 3.05) is 6.73 Å². The standard InChI is InChI=1S/C10H14N2O2/c11-9(10(14)12-7-13)6-8-4-2-1-3-5-8/h1-5,9,13H,6-7,11H2,(H,12,14)/t9-/m0/s1. The van der Waals surface area contributed by atoms with E-state index in [0.29, 0.717) is 6.42 Å². The molecule has 4 heteroatoms. The van der Waals surface area contributed by atoms with Crippen LogP contribution in [-0.2, 0) is 11.2 Å². The van der Waals surface area contributed by atoms with E-state index in [2.05, 4.69) is 5.32 Å². The largest absolute Gasteiger partial charge is 0.376 e. The topological polar surface area (TPSA) is 75.4 Å². The highest BCUT2D eigenvalue weighted by Crippen LogP contribution is 2.01. The van der Waals surface area contributed by atoms with Crippen molar-refractivity contribution >= 4 is 5.91 Å². The Morgan fingerprint density at radius 2 is 2.07 bits per heavy atom. The molecule has 1 aromatic rings. The van der Waals surface area contributed by atoms with Gasteiger partial charge in [0.1, 0.15) is 6.73 Å².